The summed E-state index contributed by atoms with van der Waals surface area (Å²) >= 11 is 6.50. The van der Waals surface area contributed by atoms with Crippen LogP contribution in [0.1, 0.15) is 97.4 Å². The molecule has 4 atom stereocenters. The number of para-hydroxylation sites is 1. The van der Waals surface area contributed by atoms with Gasteiger partial charge >= 0.3 is 6.09 Å². The average molecular weight is 600 g/mol. The summed E-state index contributed by atoms with van der Waals surface area (Å²) in [5.74, 6) is -0.507. The maximum Gasteiger partial charge on any atom is 0.408 e. The Kier molecular flexibility index (Phi) is 12.9. The molecule has 0 fully saturated rings. The number of rotatable bonds is 12. The maximum absolute atomic E-state index is 14.7. The number of halogens is 1. The van der Waals surface area contributed by atoms with Crippen LogP contribution < -0.4 is 10.6 Å². The van der Waals surface area contributed by atoms with E-state index in [1.54, 1.807) is 31.7 Å². The number of amides is 3. The van der Waals surface area contributed by atoms with Gasteiger partial charge < -0.3 is 20.3 Å². The number of benzene rings is 2. The van der Waals surface area contributed by atoms with E-state index in [0.29, 0.717) is 35.0 Å². The van der Waals surface area contributed by atoms with E-state index in [0.717, 1.165) is 17.5 Å². The van der Waals surface area contributed by atoms with Gasteiger partial charge in [0.05, 0.1) is 10.7 Å². The molecule has 0 aliphatic rings. The van der Waals surface area contributed by atoms with E-state index in [1.165, 1.54) is 0 Å². The average Bonchev–Trinajstić information content (AvgIpc) is 2.89. The monoisotopic (exact) mass is 599 g/mol. The molecule has 8 heteroatoms. The lowest BCUT2D eigenvalue weighted by Gasteiger charge is -2.40. The predicted octanol–water partition coefficient (Wildman–Crippen LogP) is 8.23. The first-order valence-corrected chi connectivity index (χ1v) is 15.4. The second kappa shape index (κ2) is 15.4. The third-order valence-corrected chi connectivity index (χ3v) is 7.75. The molecule has 232 valence electrons. The zero-order valence-electron chi connectivity index (χ0n) is 27.0. The highest BCUT2D eigenvalue weighted by Gasteiger charge is 2.40. The molecule has 0 radical (unpaired) electrons. The van der Waals surface area contributed by atoms with E-state index in [2.05, 4.69) is 24.5 Å². The molecule has 0 heterocycles. The lowest BCUT2D eigenvalue weighted by Crippen LogP contribution is -2.57. The van der Waals surface area contributed by atoms with Crippen LogP contribution in [0.5, 0.6) is 0 Å². The number of carbonyl (C=O) groups excluding carboxylic acids is 3. The summed E-state index contributed by atoms with van der Waals surface area (Å²) in [5, 5.41) is 6.28. The van der Waals surface area contributed by atoms with E-state index in [9.17, 15) is 14.4 Å². The maximum atomic E-state index is 14.7. The predicted molar refractivity (Wildman–Crippen MR) is 172 cm³/mol. The van der Waals surface area contributed by atoms with Crippen LogP contribution >= 0.6 is 11.6 Å². The minimum Gasteiger partial charge on any atom is -0.444 e. The quantitative estimate of drug-likeness (QED) is 0.257. The molecule has 0 aromatic heterocycles. The number of ether oxygens (including phenoxy) is 1. The number of anilines is 1. The SMILES string of the molecule is CCC(C)C(NC(=O)OC(C)(C)C)C(=O)N(C(C)CCC(C)C)C(C(=O)Nc1c(C)cccc1Cl)c1ccc(C)cc1. The largest absolute Gasteiger partial charge is 0.444 e. The fourth-order valence-corrected chi connectivity index (χ4v) is 5.03. The molecule has 2 N–H and O–H groups in total. The third kappa shape index (κ3) is 10.0. The Labute approximate surface area is 257 Å². The van der Waals surface area contributed by atoms with E-state index in [-0.39, 0.29) is 23.8 Å². The van der Waals surface area contributed by atoms with Crippen molar-refractivity contribution >= 4 is 35.2 Å². The van der Waals surface area contributed by atoms with Crippen LogP contribution in [0.2, 0.25) is 5.02 Å². The van der Waals surface area contributed by atoms with Crippen LogP contribution in [-0.2, 0) is 14.3 Å². The van der Waals surface area contributed by atoms with Gasteiger partial charge in [0.1, 0.15) is 17.7 Å². The van der Waals surface area contributed by atoms with Crippen LogP contribution in [0.25, 0.3) is 0 Å². The smallest absolute Gasteiger partial charge is 0.408 e. The highest BCUT2D eigenvalue weighted by molar-refractivity contribution is 6.34. The minimum atomic E-state index is -0.970. The van der Waals surface area contributed by atoms with Gasteiger partial charge in [0, 0.05) is 6.04 Å². The summed E-state index contributed by atoms with van der Waals surface area (Å²) in [6.45, 7) is 19.3. The zero-order chi connectivity index (χ0) is 31.8. The van der Waals surface area contributed by atoms with Crippen molar-refractivity contribution in [1.82, 2.24) is 10.2 Å². The van der Waals surface area contributed by atoms with Gasteiger partial charge in [-0.2, -0.15) is 0 Å². The van der Waals surface area contributed by atoms with Crippen molar-refractivity contribution < 1.29 is 19.1 Å². The number of nitrogens with zero attached hydrogens (tertiary/aromatic N) is 1. The number of hydrogen-bond acceptors (Lipinski definition) is 4. The molecular weight excluding hydrogens is 550 g/mol. The third-order valence-electron chi connectivity index (χ3n) is 7.43. The number of carbonyl (C=O) groups is 3. The van der Waals surface area contributed by atoms with Crippen molar-refractivity contribution in [3.63, 3.8) is 0 Å². The second-order valence-corrected chi connectivity index (χ2v) is 13.2. The highest BCUT2D eigenvalue weighted by atomic mass is 35.5. The van der Waals surface area contributed by atoms with E-state index < -0.39 is 23.8 Å². The second-order valence-electron chi connectivity index (χ2n) is 12.8. The van der Waals surface area contributed by atoms with Crippen LogP contribution in [-0.4, -0.2) is 40.5 Å². The molecule has 42 heavy (non-hydrogen) atoms. The summed E-state index contributed by atoms with van der Waals surface area (Å²) in [6, 6.07) is 10.9. The van der Waals surface area contributed by atoms with Crippen LogP contribution in [0.4, 0.5) is 10.5 Å². The lowest BCUT2D eigenvalue weighted by molar-refractivity contribution is -0.144. The first-order valence-electron chi connectivity index (χ1n) is 15.0. The highest BCUT2D eigenvalue weighted by Crippen LogP contribution is 2.32. The van der Waals surface area contributed by atoms with Gasteiger partial charge in [-0.1, -0.05) is 87.7 Å². The van der Waals surface area contributed by atoms with Crippen molar-refractivity contribution in [3.05, 3.63) is 64.2 Å². The summed E-state index contributed by atoms with van der Waals surface area (Å²) in [5.41, 5.74) is 2.30. The molecule has 2 rings (SSSR count). The summed E-state index contributed by atoms with van der Waals surface area (Å²) in [4.78, 5) is 43.5. The number of hydrogen-bond donors (Lipinski definition) is 2. The fraction of sp³-hybridized carbons (Fsp3) is 0.559. The van der Waals surface area contributed by atoms with E-state index in [4.69, 9.17) is 16.3 Å². The number of aryl methyl sites for hydroxylation is 2. The van der Waals surface area contributed by atoms with Crippen LogP contribution in [0, 0.1) is 25.7 Å². The lowest BCUT2D eigenvalue weighted by atomic mass is 9.93. The standard InChI is InChI=1S/C34H50ClN3O4/c1-11-23(5)29(37-33(41)42-34(8,9)10)32(40)38(25(7)18-15-21(2)3)30(26-19-16-22(4)17-20-26)31(39)36-28-24(6)13-12-14-27(28)35/h12-14,16-17,19-21,23,25,29-30H,11,15,18H2,1-10H3,(H,36,39)(H,37,41). The van der Waals surface area contributed by atoms with Gasteiger partial charge in [-0.05, 0) is 83.4 Å². The Morgan fingerprint density at radius 3 is 2.10 bits per heavy atom. The van der Waals surface area contributed by atoms with Gasteiger partial charge in [-0.15, -0.1) is 0 Å². The van der Waals surface area contributed by atoms with Gasteiger partial charge in [-0.3, -0.25) is 9.59 Å². The molecule has 0 bridgehead atoms. The first-order chi connectivity index (χ1) is 19.5. The van der Waals surface area contributed by atoms with Crippen molar-refractivity contribution in [1.29, 1.82) is 0 Å². The minimum absolute atomic E-state index is 0.211. The molecule has 2 aromatic carbocycles. The van der Waals surface area contributed by atoms with Crippen molar-refractivity contribution in [3.8, 4) is 0 Å². The molecular formula is C34H50ClN3O4. The van der Waals surface area contributed by atoms with Gasteiger partial charge in [-0.25, -0.2) is 4.79 Å². The Bertz CT molecular complexity index is 1190. The van der Waals surface area contributed by atoms with Gasteiger partial charge in [0.25, 0.3) is 5.91 Å². The Morgan fingerprint density at radius 1 is 0.952 bits per heavy atom. The van der Waals surface area contributed by atoms with Gasteiger partial charge in [0.2, 0.25) is 5.91 Å². The Morgan fingerprint density at radius 2 is 1.57 bits per heavy atom. The van der Waals surface area contributed by atoms with Crippen molar-refractivity contribution in [2.75, 3.05) is 5.32 Å². The van der Waals surface area contributed by atoms with Crippen LogP contribution in [0.15, 0.2) is 42.5 Å². The first kappa shape index (κ1) is 35.1. The molecule has 0 aliphatic heterocycles. The molecule has 4 unspecified atom stereocenters. The molecule has 0 saturated heterocycles. The van der Waals surface area contributed by atoms with E-state index in [1.807, 2.05) is 71.0 Å². The Balaban J connectivity index is 2.68. The Hall–Kier alpha value is -3.06. The topological polar surface area (TPSA) is 87.7 Å². The van der Waals surface area contributed by atoms with Crippen molar-refractivity contribution in [2.24, 2.45) is 11.8 Å². The molecule has 0 saturated carbocycles. The molecule has 7 nitrogen and oxygen atoms in total. The summed E-state index contributed by atoms with van der Waals surface area (Å²) < 4.78 is 5.53. The molecule has 0 aliphatic carbocycles. The molecule has 3 amide bonds. The fourth-order valence-electron chi connectivity index (χ4n) is 4.76. The zero-order valence-corrected chi connectivity index (χ0v) is 27.8. The van der Waals surface area contributed by atoms with E-state index >= 15 is 0 Å². The summed E-state index contributed by atoms with van der Waals surface area (Å²) in [6.07, 6.45) is 1.52. The van der Waals surface area contributed by atoms with Gasteiger partial charge in [0.15, 0.2) is 0 Å². The van der Waals surface area contributed by atoms with Crippen LogP contribution in [0.3, 0.4) is 0 Å². The normalized spacial score (nSPS) is 14.5. The molecule has 2 aromatic rings. The summed E-state index contributed by atoms with van der Waals surface area (Å²) in [7, 11) is 0. The number of nitrogens with one attached hydrogen (secondary N) is 2. The number of alkyl carbamates (subject to hydrolysis) is 1. The molecule has 0 spiro atoms. The van der Waals surface area contributed by atoms with Crippen molar-refractivity contribution in [2.45, 2.75) is 112 Å².